The van der Waals surface area contributed by atoms with Crippen LogP contribution in [0.1, 0.15) is 39.7 Å². The number of hydrogen-bond acceptors (Lipinski definition) is 4. The third-order valence-electron chi connectivity index (χ3n) is 3.79. The summed E-state index contributed by atoms with van der Waals surface area (Å²) < 4.78 is 5.51. The number of phenols is 1. The number of hydrogen-bond donors (Lipinski definition) is 3. The zero-order valence-electron chi connectivity index (χ0n) is 12.8. The van der Waals surface area contributed by atoms with E-state index in [1.807, 2.05) is 12.1 Å². The first-order valence-electron chi connectivity index (χ1n) is 6.98. The quantitative estimate of drug-likeness (QED) is 0.671. The van der Waals surface area contributed by atoms with Gasteiger partial charge in [-0.05, 0) is 52.1 Å². The van der Waals surface area contributed by atoms with Crippen molar-refractivity contribution in [3.63, 3.8) is 0 Å². The Labute approximate surface area is 121 Å². The SMILES string of the molecule is CC(C)(O)C(C)(C)OB(O)CCCc1ccccc1O. The van der Waals surface area contributed by atoms with Gasteiger partial charge in [0.05, 0.1) is 11.2 Å². The molecule has 1 rings (SSSR count). The molecule has 0 fully saturated rings. The molecule has 5 heteroatoms. The lowest BCUT2D eigenvalue weighted by Crippen LogP contribution is -2.50. The van der Waals surface area contributed by atoms with Crippen LogP contribution >= 0.6 is 0 Å². The molecule has 0 aliphatic carbocycles. The van der Waals surface area contributed by atoms with Crippen molar-refractivity contribution in [1.82, 2.24) is 0 Å². The third-order valence-corrected chi connectivity index (χ3v) is 3.79. The fraction of sp³-hybridized carbons (Fsp3) is 0.600. The van der Waals surface area contributed by atoms with Crippen LogP contribution in [0.2, 0.25) is 6.32 Å². The van der Waals surface area contributed by atoms with Gasteiger partial charge in [0.15, 0.2) is 0 Å². The van der Waals surface area contributed by atoms with E-state index >= 15 is 0 Å². The summed E-state index contributed by atoms with van der Waals surface area (Å²) in [5, 5.41) is 29.5. The Kier molecular flexibility index (Phi) is 5.63. The molecule has 0 aliphatic rings. The summed E-state index contributed by atoms with van der Waals surface area (Å²) in [6.45, 7) is 6.81. The van der Waals surface area contributed by atoms with E-state index in [0.717, 1.165) is 5.56 Å². The zero-order valence-corrected chi connectivity index (χ0v) is 12.8. The van der Waals surface area contributed by atoms with Crippen molar-refractivity contribution >= 4 is 7.12 Å². The molecule has 3 N–H and O–H groups in total. The Balaban J connectivity index is 2.41. The molecule has 0 unspecified atom stereocenters. The summed E-state index contributed by atoms with van der Waals surface area (Å²) in [5.41, 5.74) is -1.01. The monoisotopic (exact) mass is 280 g/mol. The van der Waals surface area contributed by atoms with Gasteiger partial charge in [-0.3, -0.25) is 0 Å². The smallest absolute Gasteiger partial charge is 0.454 e. The second kappa shape index (κ2) is 6.61. The lowest BCUT2D eigenvalue weighted by Gasteiger charge is -2.38. The van der Waals surface area contributed by atoms with Gasteiger partial charge in [0, 0.05) is 0 Å². The van der Waals surface area contributed by atoms with Gasteiger partial charge in [0.2, 0.25) is 0 Å². The van der Waals surface area contributed by atoms with Crippen LogP contribution in [0.25, 0.3) is 0 Å². The Morgan fingerprint density at radius 1 is 1.15 bits per heavy atom. The fourth-order valence-corrected chi connectivity index (χ4v) is 1.73. The first kappa shape index (κ1) is 17.0. The van der Waals surface area contributed by atoms with Crippen molar-refractivity contribution in [2.45, 2.75) is 58.1 Å². The standard InChI is InChI=1S/C15H25BO4/c1-14(2,18)15(3,4)20-16(19)11-7-9-12-8-5-6-10-13(12)17/h5-6,8,10,17-19H,7,9,11H2,1-4H3. The van der Waals surface area contributed by atoms with Crippen molar-refractivity contribution in [3.8, 4) is 5.75 Å². The molecular weight excluding hydrogens is 255 g/mol. The zero-order chi connectivity index (χ0) is 15.4. The Morgan fingerprint density at radius 2 is 1.75 bits per heavy atom. The molecule has 0 saturated heterocycles. The molecule has 1 aromatic carbocycles. The van der Waals surface area contributed by atoms with Gasteiger partial charge in [-0.15, -0.1) is 0 Å². The van der Waals surface area contributed by atoms with Crippen LogP contribution in [-0.2, 0) is 11.1 Å². The van der Waals surface area contributed by atoms with Crippen LogP contribution in [-0.4, -0.2) is 33.6 Å². The van der Waals surface area contributed by atoms with E-state index in [-0.39, 0.29) is 5.75 Å². The van der Waals surface area contributed by atoms with E-state index in [1.165, 1.54) is 0 Å². The summed E-state index contributed by atoms with van der Waals surface area (Å²) in [4.78, 5) is 0. The highest BCUT2D eigenvalue weighted by Crippen LogP contribution is 2.26. The highest BCUT2D eigenvalue weighted by molar-refractivity contribution is 6.42. The first-order valence-corrected chi connectivity index (χ1v) is 6.98. The van der Waals surface area contributed by atoms with E-state index in [9.17, 15) is 15.2 Å². The lowest BCUT2D eigenvalue weighted by atomic mass is 9.78. The van der Waals surface area contributed by atoms with Crippen molar-refractivity contribution in [3.05, 3.63) is 29.8 Å². The number of aryl methyl sites for hydroxylation is 1. The van der Waals surface area contributed by atoms with Crippen LogP contribution in [0.4, 0.5) is 0 Å². The summed E-state index contributed by atoms with van der Waals surface area (Å²) in [6.07, 6.45) is 1.82. The predicted octanol–water partition coefficient (Wildman–Crippen LogP) is 2.37. The van der Waals surface area contributed by atoms with Crippen molar-refractivity contribution in [2.24, 2.45) is 0 Å². The Hall–Kier alpha value is -1.04. The topological polar surface area (TPSA) is 69.9 Å². The molecule has 112 valence electrons. The van der Waals surface area contributed by atoms with Gasteiger partial charge in [0.25, 0.3) is 0 Å². The Morgan fingerprint density at radius 3 is 2.30 bits per heavy atom. The van der Waals surface area contributed by atoms with E-state index < -0.39 is 18.3 Å². The lowest BCUT2D eigenvalue weighted by molar-refractivity contribution is -0.1000. The van der Waals surface area contributed by atoms with Gasteiger partial charge < -0.3 is 19.9 Å². The molecule has 0 aromatic heterocycles. The van der Waals surface area contributed by atoms with Gasteiger partial charge >= 0.3 is 7.12 Å². The minimum Gasteiger partial charge on any atom is -0.508 e. The van der Waals surface area contributed by atoms with E-state index in [4.69, 9.17) is 4.65 Å². The van der Waals surface area contributed by atoms with E-state index in [2.05, 4.69) is 0 Å². The number of rotatable bonds is 7. The average molecular weight is 280 g/mol. The normalized spacial score (nSPS) is 12.5. The average Bonchev–Trinajstić information content (AvgIpc) is 2.29. The fourth-order valence-electron chi connectivity index (χ4n) is 1.73. The second-order valence-electron chi connectivity index (χ2n) is 6.16. The molecule has 0 heterocycles. The second-order valence-corrected chi connectivity index (χ2v) is 6.16. The van der Waals surface area contributed by atoms with Crippen molar-refractivity contribution in [1.29, 1.82) is 0 Å². The summed E-state index contributed by atoms with van der Waals surface area (Å²) in [5.74, 6) is 0.278. The maximum absolute atomic E-state index is 9.96. The Bertz CT molecular complexity index is 426. The highest BCUT2D eigenvalue weighted by Gasteiger charge is 2.38. The molecule has 0 atom stereocenters. The maximum atomic E-state index is 9.96. The molecule has 0 bridgehead atoms. The number of aromatic hydroxyl groups is 1. The predicted molar refractivity (Wildman–Crippen MR) is 80.7 cm³/mol. The minimum atomic E-state index is -1.04. The molecule has 0 spiro atoms. The maximum Gasteiger partial charge on any atom is 0.454 e. The molecule has 0 saturated carbocycles. The summed E-state index contributed by atoms with van der Waals surface area (Å²) >= 11 is 0. The highest BCUT2D eigenvalue weighted by atomic mass is 16.5. The first-order chi connectivity index (χ1) is 9.13. The largest absolute Gasteiger partial charge is 0.508 e. The number of phenolic OH excluding ortho intramolecular Hbond substituents is 1. The van der Waals surface area contributed by atoms with Crippen LogP contribution in [0.3, 0.4) is 0 Å². The molecular formula is C15H25BO4. The van der Waals surface area contributed by atoms with Crippen LogP contribution in [0.15, 0.2) is 24.3 Å². The van der Waals surface area contributed by atoms with E-state index in [0.29, 0.717) is 19.2 Å². The minimum absolute atomic E-state index is 0.278. The summed E-state index contributed by atoms with van der Waals surface area (Å²) in [7, 11) is -0.928. The molecule has 20 heavy (non-hydrogen) atoms. The van der Waals surface area contributed by atoms with Crippen LogP contribution in [0.5, 0.6) is 5.75 Å². The summed E-state index contributed by atoms with van der Waals surface area (Å²) in [6, 6.07) is 7.17. The van der Waals surface area contributed by atoms with Crippen molar-refractivity contribution < 1.29 is 19.9 Å². The third kappa shape index (κ3) is 4.82. The van der Waals surface area contributed by atoms with E-state index in [1.54, 1.807) is 39.8 Å². The van der Waals surface area contributed by atoms with Gasteiger partial charge in [-0.1, -0.05) is 24.6 Å². The molecule has 0 amide bonds. The van der Waals surface area contributed by atoms with Gasteiger partial charge in [0.1, 0.15) is 5.75 Å². The molecule has 0 radical (unpaired) electrons. The number of benzene rings is 1. The molecule has 4 nitrogen and oxygen atoms in total. The molecule has 0 aliphatic heterocycles. The molecule has 1 aromatic rings. The van der Waals surface area contributed by atoms with Crippen LogP contribution < -0.4 is 0 Å². The van der Waals surface area contributed by atoms with Crippen molar-refractivity contribution in [2.75, 3.05) is 0 Å². The number of para-hydroxylation sites is 1. The number of aliphatic hydroxyl groups is 1. The van der Waals surface area contributed by atoms with Crippen LogP contribution in [0, 0.1) is 0 Å². The van der Waals surface area contributed by atoms with Gasteiger partial charge in [-0.2, -0.15) is 0 Å². The van der Waals surface area contributed by atoms with Gasteiger partial charge in [-0.25, -0.2) is 0 Å².